The minimum Gasteiger partial charge on any atom is -0.508 e. The van der Waals surface area contributed by atoms with E-state index < -0.39 is 0 Å². The molecule has 2 heterocycles. The summed E-state index contributed by atoms with van der Waals surface area (Å²) in [4.78, 5) is 15.0. The number of phenols is 1. The lowest BCUT2D eigenvalue weighted by Crippen LogP contribution is -2.43. The number of ether oxygens (including phenoxy) is 1. The summed E-state index contributed by atoms with van der Waals surface area (Å²) in [6.07, 6.45) is 0.920. The van der Waals surface area contributed by atoms with Crippen molar-refractivity contribution in [2.24, 2.45) is 0 Å². The number of aryl methyl sites for hydroxylation is 1. The fourth-order valence-electron chi connectivity index (χ4n) is 4.02. The van der Waals surface area contributed by atoms with Crippen molar-refractivity contribution < 1.29 is 14.6 Å². The Labute approximate surface area is 163 Å². The van der Waals surface area contributed by atoms with Crippen molar-refractivity contribution in [1.82, 2.24) is 10.2 Å². The van der Waals surface area contributed by atoms with Crippen LogP contribution in [0.5, 0.6) is 5.75 Å². The van der Waals surface area contributed by atoms with Crippen LogP contribution in [0.4, 0.5) is 0 Å². The minimum absolute atomic E-state index is 0.0345. The third-order valence-electron chi connectivity index (χ3n) is 5.45. The maximum Gasteiger partial charge on any atom is 0.251 e. The lowest BCUT2D eigenvalue weighted by atomic mass is 10.1. The van der Waals surface area contributed by atoms with Gasteiger partial charge in [-0.25, -0.2) is 0 Å². The van der Waals surface area contributed by atoms with Gasteiger partial charge < -0.3 is 15.2 Å². The fraction of sp³-hybridized carbons (Fsp3) is 0.381. The Kier molecular flexibility index (Phi) is 5.08. The highest BCUT2D eigenvalue weighted by Crippen LogP contribution is 2.31. The predicted octanol–water partition coefficient (Wildman–Crippen LogP) is 3.30. The van der Waals surface area contributed by atoms with Gasteiger partial charge >= 0.3 is 0 Å². The van der Waals surface area contributed by atoms with Crippen molar-refractivity contribution in [3.05, 3.63) is 64.2 Å². The fourth-order valence-corrected chi connectivity index (χ4v) is 4.15. The van der Waals surface area contributed by atoms with Crippen molar-refractivity contribution in [3.8, 4) is 5.75 Å². The Balaban J connectivity index is 1.38. The Hall–Kier alpha value is -2.08. The molecular formula is C21H23ClN2O3. The van der Waals surface area contributed by atoms with Gasteiger partial charge in [0, 0.05) is 35.8 Å². The average Bonchev–Trinajstić information content (AvgIpc) is 3.03. The van der Waals surface area contributed by atoms with E-state index in [4.69, 9.17) is 16.3 Å². The van der Waals surface area contributed by atoms with Crippen LogP contribution in [0.1, 0.15) is 34.0 Å². The average molecular weight is 387 g/mol. The van der Waals surface area contributed by atoms with E-state index in [1.165, 1.54) is 0 Å². The summed E-state index contributed by atoms with van der Waals surface area (Å²) in [6, 6.07) is 13.1. The summed E-state index contributed by atoms with van der Waals surface area (Å²) in [5, 5.41) is 13.4. The van der Waals surface area contributed by atoms with E-state index in [-0.39, 0.29) is 23.8 Å². The van der Waals surface area contributed by atoms with Crippen LogP contribution in [-0.2, 0) is 4.74 Å². The van der Waals surface area contributed by atoms with E-state index in [1.807, 2.05) is 31.2 Å². The molecule has 0 radical (unpaired) electrons. The van der Waals surface area contributed by atoms with Gasteiger partial charge in [-0.15, -0.1) is 0 Å². The molecule has 0 aromatic heterocycles. The molecule has 2 N–H and O–H groups in total. The largest absolute Gasteiger partial charge is 0.508 e. The molecule has 142 valence electrons. The van der Waals surface area contributed by atoms with Gasteiger partial charge in [-0.3, -0.25) is 9.69 Å². The van der Waals surface area contributed by atoms with Crippen LogP contribution >= 0.6 is 11.6 Å². The zero-order valence-corrected chi connectivity index (χ0v) is 15.9. The summed E-state index contributed by atoms with van der Waals surface area (Å²) in [6.45, 7) is 4.13. The van der Waals surface area contributed by atoms with Gasteiger partial charge in [-0.1, -0.05) is 23.7 Å². The molecule has 0 saturated carbocycles. The van der Waals surface area contributed by atoms with E-state index in [2.05, 4.69) is 10.2 Å². The molecule has 4 rings (SSSR count). The van der Waals surface area contributed by atoms with Gasteiger partial charge in [0.25, 0.3) is 5.91 Å². The highest BCUT2D eigenvalue weighted by atomic mass is 35.5. The van der Waals surface area contributed by atoms with Crippen LogP contribution in [0, 0.1) is 6.92 Å². The number of phenolic OH excluding ortho intramolecular Hbond substituents is 1. The zero-order valence-electron chi connectivity index (χ0n) is 15.2. The van der Waals surface area contributed by atoms with Gasteiger partial charge in [0.15, 0.2) is 0 Å². The van der Waals surface area contributed by atoms with Crippen LogP contribution in [0.15, 0.2) is 42.5 Å². The first-order chi connectivity index (χ1) is 13.0. The van der Waals surface area contributed by atoms with E-state index >= 15 is 0 Å². The number of carbonyl (C=O) groups excluding carboxylic acids is 1. The number of nitrogens with zero attached hydrogens (tertiary/aromatic N) is 1. The maximum absolute atomic E-state index is 12.6. The smallest absolute Gasteiger partial charge is 0.251 e. The molecule has 6 heteroatoms. The Morgan fingerprint density at radius 2 is 2.00 bits per heavy atom. The first-order valence-corrected chi connectivity index (χ1v) is 9.59. The molecule has 27 heavy (non-hydrogen) atoms. The molecule has 0 unspecified atom stereocenters. The monoisotopic (exact) mass is 386 g/mol. The standard InChI is InChI=1S/C21H23ClN2O3/c1-13-8-18(25)6-7-19(13)21(26)23-16-9-17-12-27-20(11-24(17)10-16)14-2-4-15(22)5-3-14/h2-8,16-17,20,25H,9-12H2,1H3,(H,23,26)/t16-,17-,20+/m0/s1. The van der Waals surface area contributed by atoms with Crippen molar-refractivity contribution in [1.29, 1.82) is 0 Å². The molecule has 0 aliphatic carbocycles. The summed E-state index contributed by atoms with van der Waals surface area (Å²) < 4.78 is 6.06. The molecule has 2 saturated heterocycles. The number of halogens is 1. The summed E-state index contributed by atoms with van der Waals surface area (Å²) in [5.41, 5.74) is 2.51. The number of benzene rings is 2. The van der Waals surface area contributed by atoms with Crippen molar-refractivity contribution in [2.45, 2.75) is 31.5 Å². The maximum atomic E-state index is 12.6. The molecule has 0 spiro atoms. The normalized spacial score (nSPS) is 25.2. The molecule has 2 aromatic carbocycles. The van der Waals surface area contributed by atoms with Crippen LogP contribution in [0.3, 0.4) is 0 Å². The van der Waals surface area contributed by atoms with E-state index in [0.29, 0.717) is 18.2 Å². The Bertz CT molecular complexity index is 840. The first kappa shape index (κ1) is 18.3. The van der Waals surface area contributed by atoms with E-state index in [9.17, 15) is 9.90 Å². The van der Waals surface area contributed by atoms with Gasteiger partial charge in [-0.2, -0.15) is 0 Å². The molecule has 2 aromatic rings. The number of nitrogens with one attached hydrogen (secondary N) is 1. The van der Waals surface area contributed by atoms with Crippen LogP contribution in [-0.4, -0.2) is 47.7 Å². The second kappa shape index (κ2) is 7.50. The molecule has 5 nitrogen and oxygen atoms in total. The quantitative estimate of drug-likeness (QED) is 0.849. The molecule has 2 fully saturated rings. The predicted molar refractivity (Wildman–Crippen MR) is 104 cm³/mol. The second-order valence-corrected chi connectivity index (χ2v) is 7.82. The minimum atomic E-state index is -0.0903. The number of fused-ring (bicyclic) bond motifs is 1. The van der Waals surface area contributed by atoms with Crippen LogP contribution in [0.25, 0.3) is 0 Å². The number of hydrogen-bond donors (Lipinski definition) is 2. The van der Waals surface area contributed by atoms with Crippen LogP contribution in [0.2, 0.25) is 5.02 Å². The van der Waals surface area contributed by atoms with Gasteiger partial charge in [0.1, 0.15) is 5.75 Å². The van der Waals surface area contributed by atoms with E-state index in [0.717, 1.165) is 35.7 Å². The highest BCUT2D eigenvalue weighted by Gasteiger charge is 2.38. The number of hydrogen-bond acceptors (Lipinski definition) is 4. The van der Waals surface area contributed by atoms with Gasteiger partial charge in [0.2, 0.25) is 0 Å². The third kappa shape index (κ3) is 3.95. The molecule has 1 amide bonds. The number of carbonyl (C=O) groups is 1. The molecule has 2 aliphatic rings. The van der Waals surface area contributed by atoms with E-state index in [1.54, 1.807) is 18.2 Å². The topological polar surface area (TPSA) is 61.8 Å². The number of rotatable bonds is 3. The third-order valence-corrected chi connectivity index (χ3v) is 5.70. The van der Waals surface area contributed by atoms with Crippen molar-refractivity contribution in [2.75, 3.05) is 19.7 Å². The summed E-state index contributed by atoms with van der Waals surface area (Å²) >= 11 is 5.97. The number of amides is 1. The lowest BCUT2D eigenvalue weighted by Gasteiger charge is -2.35. The van der Waals surface area contributed by atoms with Crippen molar-refractivity contribution in [3.63, 3.8) is 0 Å². The Morgan fingerprint density at radius 1 is 1.22 bits per heavy atom. The zero-order chi connectivity index (χ0) is 19.0. The highest BCUT2D eigenvalue weighted by molar-refractivity contribution is 6.30. The number of morpholine rings is 1. The molecular weight excluding hydrogens is 364 g/mol. The number of aromatic hydroxyl groups is 1. The van der Waals surface area contributed by atoms with Gasteiger partial charge in [-0.05, 0) is 54.8 Å². The Morgan fingerprint density at radius 3 is 2.74 bits per heavy atom. The molecule has 0 bridgehead atoms. The molecule has 2 aliphatic heterocycles. The SMILES string of the molecule is Cc1cc(O)ccc1C(=O)N[C@H]1C[C@H]2CO[C@@H](c3ccc(Cl)cc3)CN2C1. The summed E-state index contributed by atoms with van der Waals surface area (Å²) in [7, 11) is 0. The van der Waals surface area contributed by atoms with Crippen molar-refractivity contribution >= 4 is 17.5 Å². The summed E-state index contributed by atoms with van der Waals surface area (Å²) in [5.74, 6) is 0.0833. The lowest BCUT2D eigenvalue weighted by molar-refractivity contribution is -0.0502. The second-order valence-electron chi connectivity index (χ2n) is 7.39. The van der Waals surface area contributed by atoms with Crippen LogP contribution < -0.4 is 5.32 Å². The first-order valence-electron chi connectivity index (χ1n) is 9.21. The molecule has 3 atom stereocenters. The van der Waals surface area contributed by atoms with Gasteiger partial charge in [0.05, 0.1) is 12.7 Å².